The molecular formula is C19H29N3O2S. The number of aromatic nitrogens is 1. The van der Waals surface area contributed by atoms with Crippen LogP contribution in [0.25, 0.3) is 0 Å². The molecule has 0 radical (unpaired) electrons. The smallest absolute Gasteiger partial charge is 0.256 e. The number of thioether (sulfide) groups is 1. The lowest BCUT2D eigenvalue weighted by atomic mass is 10.2. The Kier molecular flexibility index (Phi) is 6.73. The van der Waals surface area contributed by atoms with Gasteiger partial charge < -0.3 is 9.64 Å². The van der Waals surface area contributed by atoms with Crippen LogP contribution in [0.15, 0.2) is 23.4 Å². The number of ether oxygens (including phenoxy) is 1. The van der Waals surface area contributed by atoms with Crippen LogP contribution in [0.2, 0.25) is 0 Å². The molecule has 2 saturated heterocycles. The minimum atomic E-state index is 0.121. The van der Waals surface area contributed by atoms with Crippen LogP contribution in [0.5, 0.6) is 0 Å². The molecule has 0 N–H and O–H groups in total. The number of carbonyl (C=O) groups excluding carboxylic acids is 1. The van der Waals surface area contributed by atoms with E-state index in [0.29, 0.717) is 11.4 Å². The Bertz CT molecular complexity index is 576. The highest BCUT2D eigenvalue weighted by molar-refractivity contribution is 7.99. The summed E-state index contributed by atoms with van der Waals surface area (Å²) in [5, 5.41) is 1.26. The van der Waals surface area contributed by atoms with Gasteiger partial charge in [0.25, 0.3) is 5.91 Å². The van der Waals surface area contributed by atoms with Crippen molar-refractivity contribution in [2.24, 2.45) is 0 Å². The molecular weight excluding hydrogens is 334 g/mol. The summed E-state index contributed by atoms with van der Waals surface area (Å²) in [5.74, 6) is 0.121. The molecule has 138 valence electrons. The van der Waals surface area contributed by atoms with E-state index < -0.39 is 0 Å². The number of nitrogens with zero attached hydrogens (tertiary/aromatic N) is 3. The number of amides is 1. The molecule has 1 atom stereocenters. The molecule has 3 heterocycles. The van der Waals surface area contributed by atoms with Crippen molar-refractivity contribution in [3.8, 4) is 0 Å². The van der Waals surface area contributed by atoms with Crippen LogP contribution in [0.3, 0.4) is 0 Å². The van der Waals surface area contributed by atoms with E-state index >= 15 is 0 Å². The molecule has 0 aliphatic carbocycles. The Morgan fingerprint density at radius 3 is 2.96 bits per heavy atom. The molecule has 1 aromatic heterocycles. The average molecular weight is 364 g/mol. The van der Waals surface area contributed by atoms with Crippen LogP contribution < -0.4 is 0 Å². The Labute approximate surface area is 155 Å². The first-order valence-corrected chi connectivity index (χ1v) is 10.3. The van der Waals surface area contributed by atoms with Crippen molar-refractivity contribution < 1.29 is 9.53 Å². The van der Waals surface area contributed by atoms with Crippen molar-refractivity contribution >= 4 is 17.7 Å². The summed E-state index contributed by atoms with van der Waals surface area (Å²) in [5.41, 5.74) is 0.744. The zero-order valence-electron chi connectivity index (χ0n) is 15.3. The first kappa shape index (κ1) is 18.7. The van der Waals surface area contributed by atoms with Crippen LogP contribution in [0.4, 0.5) is 0 Å². The summed E-state index contributed by atoms with van der Waals surface area (Å²) in [4.78, 5) is 21.9. The van der Waals surface area contributed by atoms with Crippen molar-refractivity contribution in [3.63, 3.8) is 0 Å². The fraction of sp³-hybridized carbons (Fsp3) is 0.684. The van der Waals surface area contributed by atoms with Crippen molar-refractivity contribution in [2.45, 2.75) is 49.5 Å². The minimum Gasteiger partial charge on any atom is -0.377 e. The van der Waals surface area contributed by atoms with Crippen molar-refractivity contribution in [2.75, 3.05) is 39.3 Å². The van der Waals surface area contributed by atoms with E-state index in [1.165, 1.54) is 12.8 Å². The molecule has 0 aromatic carbocycles. The lowest BCUT2D eigenvalue weighted by molar-refractivity contribution is 0.0702. The Morgan fingerprint density at radius 1 is 1.32 bits per heavy atom. The molecule has 0 bridgehead atoms. The van der Waals surface area contributed by atoms with Gasteiger partial charge in [-0.05, 0) is 37.9 Å². The lowest BCUT2D eigenvalue weighted by Crippen LogP contribution is -2.37. The van der Waals surface area contributed by atoms with E-state index in [9.17, 15) is 4.79 Å². The molecule has 0 spiro atoms. The number of hydrogen-bond acceptors (Lipinski definition) is 5. The highest BCUT2D eigenvalue weighted by Crippen LogP contribution is 2.25. The third-order valence-corrected chi connectivity index (χ3v) is 5.73. The van der Waals surface area contributed by atoms with Gasteiger partial charge in [-0.25, -0.2) is 4.98 Å². The SMILES string of the molecule is CC(C)Sc1ncccc1C(=O)N1CCCN(C[C@@H]2CCCO2)CC1. The van der Waals surface area contributed by atoms with Gasteiger partial charge in [0.2, 0.25) is 0 Å². The molecule has 1 aromatic rings. The first-order chi connectivity index (χ1) is 12.1. The summed E-state index contributed by atoms with van der Waals surface area (Å²) in [6, 6.07) is 3.77. The van der Waals surface area contributed by atoms with E-state index in [1.807, 2.05) is 17.0 Å². The van der Waals surface area contributed by atoms with Crippen molar-refractivity contribution in [1.82, 2.24) is 14.8 Å². The van der Waals surface area contributed by atoms with Gasteiger partial charge in [-0.2, -0.15) is 0 Å². The monoisotopic (exact) mass is 363 g/mol. The highest BCUT2D eigenvalue weighted by Gasteiger charge is 2.25. The Morgan fingerprint density at radius 2 is 2.20 bits per heavy atom. The second kappa shape index (κ2) is 9.01. The van der Waals surface area contributed by atoms with Gasteiger partial charge in [-0.3, -0.25) is 9.69 Å². The molecule has 3 rings (SSSR count). The van der Waals surface area contributed by atoms with Crippen LogP contribution >= 0.6 is 11.8 Å². The van der Waals surface area contributed by atoms with Gasteiger partial charge in [0.15, 0.2) is 0 Å². The van der Waals surface area contributed by atoms with Crippen molar-refractivity contribution in [1.29, 1.82) is 0 Å². The van der Waals surface area contributed by atoms with E-state index in [2.05, 4.69) is 23.7 Å². The molecule has 2 aliphatic rings. The standard InChI is InChI=1S/C19H29N3O2S/c1-15(2)25-18-17(7-3-8-20-18)19(23)22-10-5-9-21(11-12-22)14-16-6-4-13-24-16/h3,7-8,15-16H,4-6,9-14H2,1-2H3/t16-/m0/s1. The molecule has 2 fully saturated rings. The summed E-state index contributed by atoms with van der Waals surface area (Å²) in [7, 11) is 0. The molecule has 25 heavy (non-hydrogen) atoms. The number of hydrogen-bond donors (Lipinski definition) is 0. The molecule has 2 aliphatic heterocycles. The van der Waals surface area contributed by atoms with E-state index in [-0.39, 0.29) is 5.91 Å². The highest BCUT2D eigenvalue weighted by atomic mass is 32.2. The zero-order valence-corrected chi connectivity index (χ0v) is 16.1. The molecule has 6 heteroatoms. The normalized spacial score (nSPS) is 22.4. The predicted molar refractivity (Wildman–Crippen MR) is 101 cm³/mol. The van der Waals surface area contributed by atoms with Gasteiger partial charge in [-0.15, -0.1) is 11.8 Å². The summed E-state index contributed by atoms with van der Waals surface area (Å²) in [6.45, 7) is 9.74. The number of rotatable bonds is 5. The van der Waals surface area contributed by atoms with Gasteiger partial charge in [0.1, 0.15) is 5.03 Å². The maximum atomic E-state index is 13.0. The molecule has 0 saturated carbocycles. The van der Waals surface area contributed by atoms with Gasteiger partial charge in [0, 0.05) is 44.2 Å². The molecule has 1 amide bonds. The van der Waals surface area contributed by atoms with Crippen LogP contribution in [-0.2, 0) is 4.74 Å². The van der Waals surface area contributed by atoms with Gasteiger partial charge in [0.05, 0.1) is 11.7 Å². The predicted octanol–water partition coefficient (Wildman–Crippen LogP) is 2.91. The Hall–Kier alpha value is -1.11. The summed E-state index contributed by atoms with van der Waals surface area (Å²) in [6.07, 6.45) is 5.53. The second-order valence-corrected chi connectivity index (χ2v) is 8.67. The van der Waals surface area contributed by atoms with Crippen LogP contribution in [-0.4, -0.2) is 71.4 Å². The third-order valence-electron chi connectivity index (χ3n) is 4.71. The number of pyridine rings is 1. The maximum Gasteiger partial charge on any atom is 0.256 e. The number of carbonyl (C=O) groups is 1. The topological polar surface area (TPSA) is 45.7 Å². The summed E-state index contributed by atoms with van der Waals surface area (Å²) >= 11 is 1.66. The van der Waals surface area contributed by atoms with E-state index in [4.69, 9.17) is 4.74 Å². The largest absolute Gasteiger partial charge is 0.377 e. The van der Waals surface area contributed by atoms with Gasteiger partial charge in [-0.1, -0.05) is 13.8 Å². The zero-order chi connectivity index (χ0) is 17.6. The lowest BCUT2D eigenvalue weighted by Gasteiger charge is -2.24. The average Bonchev–Trinajstić information content (AvgIpc) is 2.99. The minimum absolute atomic E-state index is 0.121. The fourth-order valence-corrected chi connectivity index (χ4v) is 4.32. The molecule has 5 nitrogen and oxygen atoms in total. The van der Waals surface area contributed by atoms with Crippen LogP contribution in [0, 0.1) is 0 Å². The second-order valence-electron chi connectivity index (χ2n) is 7.10. The molecule has 0 unspecified atom stereocenters. The first-order valence-electron chi connectivity index (χ1n) is 9.38. The van der Waals surface area contributed by atoms with E-state index in [1.54, 1.807) is 18.0 Å². The van der Waals surface area contributed by atoms with E-state index in [0.717, 1.165) is 56.3 Å². The maximum absolute atomic E-state index is 13.0. The summed E-state index contributed by atoms with van der Waals surface area (Å²) < 4.78 is 5.76. The quantitative estimate of drug-likeness (QED) is 0.753. The third kappa shape index (κ3) is 5.19. The fourth-order valence-electron chi connectivity index (χ4n) is 3.47. The van der Waals surface area contributed by atoms with Gasteiger partial charge >= 0.3 is 0 Å². The Balaban J connectivity index is 1.61. The van der Waals surface area contributed by atoms with Crippen LogP contribution in [0.1, 0.15) is 43.5 Å². The van der Waals surface area contributed by atoms with Crippen molar-refractivity contribution in [3.05, 3.63) is 23.9 Å².